The van der Waals surface area contributed by atoms with Crippen molar-refractivity contribution < 1.29 is 23.1 Å². The third-order valence-corrected chi connectivity index (χ3v) is 4.28. The number of rotatable bonds is 8. The van der Waals surface area contributed by atoms with Crippen LogP contribution in [-0.4, -0.2) is 33.9 Å². The summed E-state index contributed by atoms with van der Waals surface area (Å²) in [6.07, 6.45) is 0.215. The van der Waals surface area contributed by atoms with E-state index in [9.17, 15) is 14.0 Å². The highest BCUT2D eigenvalue weighted by atomic mass is 32.2. The maximum atomic E-state index is 12.9. The molecule has 10 heteroatoms. The van der Waals surface area contributed by atoms with Crippen LogP contribution in [0.1, 0.15) is 39.2 Å². The van der Waals surface area contributed by atoms with E-state index < -0.39 is 18.0 Å². The Morgan fingerprint density at radius 3 is 2.63 bits per heavy atom. The van der Waals surface area contributed by atoms with Gasteiger partial charge in [-0.3, -0.25) is 10.1 Å². The van der Waals surface area contributed by atoms with Gasteiger partial charge in [0.25, 0.3) is 11.1 Å². The number of hydrogen-bond acceptors (Lipinski definition) is 7. The van der Waals surface area contributed by atoms with Crippen molar-refractivity contribution in [3.63, 3.8) is 0 Å². The minimum Gasteiger partial charge on any atom is -0.481 e. The molecule has 146 valence electrons. The lowest BCUT2D eigenvalue weighted by atomic mass is 10.3. The van der Waals surface area contributed by atoms with E-state index in [0.717, 1.165) is 18.2 Å². The van der Waals surface area contributed by atoms with Crippen molar-refractivity contribution in [3.8, 4) is 5.75 Å². The highest BCUT2D eigenvalue weighted by Crippen LogP contribution is 2.24. The predicted molar refractivity (Wildman–Crippen MR) is 96.9 cm³/mol. The van der Waals surface area contributed by atoms with Crippen LogP contribution >= 0.6 is 11.8 Å². The first-order valence-corrected chi connectivity index (χ1v) is 9.34. The molecule has 0 saturated carbocycles. The number of amides is 3. The van der Waals surface area contributed by atoms with Crippen molar-refractivity contribution >= 4 is 23.7 Å². The Bertz CT molecular complexity index is 769. The molecule has 0 aliphatic carbocycles. The fraction of sp³-hybridized carbons (Fsp3) is 0.412. The van der Waals surface area contributed by atoms with Crippen LogP contribution in [0.15, 0.2) is 33.9 Å². The van der Waals surface area contributed by atoms with Crippen molar-refractivity contribution in [2.75, 3.05) is 5.75 Å². The largest absolute Gasteiger partial charge is 0.481 e. The van der Waals surface area contributed by atoms with Gasteiger partial charge in [0, 0.05) is 6.04 Å². The number of ether oxygens (including phenoxy) is 1. The lowest BCUT2D eigenvalue weighted by Gasteiger charge is -2.11. The van der Waals surface area contributed by atoms with Gasteiger partial charge in [-0.2, -0.15) is 0 Å². The summed E-state index contributed by atoms with van der Waals surface area (Å²) in [7, 11) is 0. The van der Waals surface area contributed by atoms with Crippen molar-refractivity contribution in [2.24, 2.45) is 0 Å². The first-order chi connectivity index (χ1) is 12.9. The van der Waals surface area contributed by atoms with Gasteiger partial charge in [-0.25, -0.2) is 9.18 Å². The van der Waals surface area contributed by atoms with Gasteiger partial charge < -0.3 is 14.5 Å². The number of hydrogen-bond donors (Lipinski definition) is 2. The number of nitrogens with one attached hydrogen (secondary N) is 2. The summed E-state index contributed by atoms with van der Waals surface area (Å²) in [5.74, 6) is -0.207. The number of thioether (sulfide) groups is 1. The van der Waals surface area contributed by atoms with E-state index in [4.69, 9.17) is 9.15 Å². The van der Waals surface area contributed by atoms with Crippen LogP contribution in [0.3, 0.4) is 0 Å². The topological polar surface area (TPSA) is 106 Å². The molecule has 0 spiro atoms. The van der Waals surface area contributed by atoms with Gasteiger partial charge in [-0.05, 0) is 44.5 Å². The van der Waals surface area contributed by atoms with Crippen molar-refractivity contribution in [2.45, 2.75) is 44.6 Å². The summed E-state index contributed by atoms with van der Waals surface area (Å²) in [6, 6.07) is 4.99. The van der Waals surface area contributed by atoms with Gasteiger partial charge in [0.05, 0.1) is 5.75 Å². The summed E-state index contributed by atoms with van der Waals surface area (Å²) in [5, 5.41) is 12.7. The SMILES string of the molecule is CC[C@@H](C)NC(=O)NC(=O)CSc1nnc([C@@H](C)Oc2ccc(F)cc2)o1. The Morgan fingerprint density at radius 2 is 1.96 bits per heavy atom. The Balaban J connectivity index is 1.80. The molecule has 0 aliphatic heterocycles. The van der Waals surface area contributed by atoms with E-state index in [1.165, 1.54) is 24.3 Å². The molecule has 0 fully saturated rings. The molecule has 1 aromatic heterocycles. The molecule has 2 rings (SSSR count). The first kappa shape index (κ1) is 20.7. The van der Waals surface area contributed by atoms with E-state index in [0.29, 0.717) is 5.75 Å². The smallest absolute Gasteiger partial charge is 0.321 e. The molecule has 27 heavy (non-hydrogen) atoms. The highest BCUT2D eigenvalue weighted by Gasteiger charge is 2.17. The molecule has 2 aromatic rings. The summed E-state index contributed by atoms with van der Waals surface area (Å²) in [4.78, 5) is 23.3. The number of halogens is 1. The first-order valence-electron chi connectivity index (χ1n) is 8.36. The zero-order valence-electron chi connectivity index (χ0n) is 15.2. The standard InChI is InChI=1S/C17H21FN4O4S/c1-4-10(2)19-16(24)20-14(23)9-27-17-22-21-15(26-17)11(3)25-13-7-5-12(18)6-8-13/h5-8,10-11H,4,9H2,1-3H3,(H2,19,20,23,24)/t10-,11-/m1/s1. The number of nitrogens with zero attached hydrogens (tertiary/aromatic N) is 2. The third-order valence-electron chi connectivity index (χ3n) is 3.47. The van der Waals surface area contributed by atoms with Crippen LogP contribution in [0, 0.1) is 5.82 Å². The molecule has 1 heterocycles. The van der Waals surface area contributed by atoms with Gasteiger partial charge in [-0.15, -0.1) is 10.2 Å². The number of imide groups is 1. The van der Waals surface area contributed by atoms with Gasteiger partial charge in [0.2, 0.25) is 5.91 Å². The van der Waals surface area contributed by atoms with Crippen LogP contribution in [0.2, 0.25) is 0 Å². The second-order valence-corrected chi connectivity index (χ2v) is 6.67. The number of carbonyl (C=O) groups excluding carboxylic acids is 2. The van der Waals surface area contributed by atoms with Crippen LogP contribution in [-0.2, 0) is 4.79 Å². The lowest BCUT2D eigenvalue weighted by Crippen LogP contribution is -2.43. The zero-order valence-corrected chi connectivity index (χ0v) is 16.0. The molecular formula is C17H21FN4O4S. The fourth-order valence-electron chi connectivity index (χ4n) is 1.86. The van der Waals surface area contributed by atoms with Gasteiger partial charge in [0.15, 0.2) is 6.10 Å². The fourth-order valence-corrected chi connectivity index (χ4v) is 2.43. The minimum atomic E-state index is -0.549. The molecule has 3 amide bonds. The molecule has 2 atom stereocenters. The van der Waals surface area contributed by atoms with Crippen LogP contribution in [0.4, 0.5) is 9.18 Å². The number of benzene rings is 1. The van der Waals surface area contributed by atoms with Crippen molar-refractivity contribution in [1.82, 2.24) is 20.8 Å². The zero-order chi connectivity index (χ0) is 19.8. The normalized spacial score (nSPS) is 12.9. The monoisotopic (exact) mass is 396 g/mol. The second-order valence-electron chi connectivity index (χ2n) is 5.74. The molecule has 0 saturated heterocycles. The van der Waals surface area contributed by atoms with Gasteiger partial charge in [0.1, 0.15) is 11.6 Å². The molecule has 0 bridgehead atoms. The summed E-state index contributed by atoms with van der Waals surface area (Å²) in [5.41, 5.74) is 0. The third kappa shape index (κ3) is 6.89. The molecule has 0 aliphatic rings. The average molecular weight is 396 g/mol. The Kier molecular flexibility index (Phi) is 7.59. The van der Waals surface area contributed by atoms with Crippen molar-refractivity contribution in [1.29, 1.82) is 0 Å². The average Bonchev–Trinajstić information content (AvgIpc) is 3.11. The van der Waals surface area contributed by atoms with Gasteiger partial charge >= 0.3 is 6.03 Å². The Morgan fingerprint density at radius 1 is 1.26 bits per heavy atom. The van der Waals surface area contributed by atoms with Crippen LogP contribution in [0.5, 0.6) is 5.75 Å². The number of urea groups is 1. The van der Waals surface area contributed by atoms with E-state index in [-0.39, 0.29) is 28.7 Å². The molecule has 0 unspecified atom stereocenters. The molecule has 1 aromatic carbocycles. The number of aromatic nitrogens is 2. The van der Waals surface area contributed by atoms with Crippen LogP contribution < -0.4 is 15.4 Å². The van der Waals surface area contributed by atoms with E-state index in [1.807, 2.05) is 13.8 Å². The van der Waals surface area contributed by atoms with E-state index in [1.54, 1.807) is 6.92 Å². The minimum absolute atomic E-state index is 0.0217. The van der Waals surface area contributed by atoms with Gasteiger partial charge in [-0.1, -0.05) is 18.7 Å². The lowest BCUT2D eigenvalue weighted by molar-refractivity contribution is -0.117. The van der Waals surface area contributed by atoms with E-state index >= 15 is 0 Å². The maximum Gasteiger partial charge on any atom is 0.321 e. The molecule has 2 N–H and O–H groups in total. The Labute approximate surface area is 160 Å². The quantitative estimate of drug-likeness (QED) is 0.661. The number of carbonyl (C=O) groups is 2. The Hall–Kier alpha value is -2.62. The van der Waals surface area contributed by atoms with E-state index in [2.05, 4.69) is 20.8 Å². The highest BCUT2D eigenvalue weighted by molar-refractivity contribution is 7.99. The molecule has 0 radical (unpaired) electrons. The predicted octanol–water partition coefficient (Wildman–Crippen LogP) is 3.07. The summed E-state index contributed by atoms with van der Waals surface area (Å²) < 4.78 is 23.9. The summed E-state index contributed by atoms with van der Waals surface area (Å²) in [6.45, 7) is 5.47. The molecular weight excluding hydrogens is 375 g/mol. The molecule has 8 nitrogen and oxygen atoms in total. The maximum absolute atomic E-state index is 12.9. The van der Waals surface area contributed by atoms with Crippen molar-refractivity contribution in [3.05, 3.63) is 36.0 Å². The second kappa shape index (κ2) is 9.91. The van der Waals surface area contributed by atoms with Crippen LogP contribution in [0.25, 0.3) is 0 Å². The summed E-state index contributed by atoms with van der Waals surface area (Å²) >= 11 is 1.00.